The smallest absolute Gasteiger partial charge is 0.306 e. The van der Waals surface area contributed by atoms with Crippen molar-refractivity contribution in [3.63, 3.8) is 0 Å². The summed E-state index contributed by atoms with van der Waals surface area (Å²) in [5.41, 5.74) is 0.937. The van der Waals surface area contributed by atoms with Gasteiger partial charge in [0.25, 0.3) is 0 Å². The van der Waals surface area contributed by atoms with Gasteiger partial charge in [-0.3, -0.25) is 23.9 Å². The van der Waals surface area contributed by atoms with Gasteiger partial charge in [-0.15, -0.1) is 6.58 Å². The summed E-state index contributed by atoms with van der Waals surface area (Å²) in [5.74, 6) is -1.99. The van der Waals surface area contributed by atoms with Crippen molar-refractivity contribution in [2.24, 2.45) is 29.1 Å². The number of carbonyl (C=O) groups is 4. The number of aromatic nitrogens is 2. The zero-order valence-corrected chi connectivity index (χ0v) is 32.5. The Morgan fingerprint density at radius 2 is 1.62 bits per heavy atom. The summed E-state index contributed by atoms with van der Waals surface area (Å²) in [6.45, 7) is 3.96. The number of ketones is 1. The molecule has 1 saturated heterocycles. The highest BCUT2D eigenvalue weighted by atomic mass is 32.2. The van der Waals surface area contributed by atoms with Crippen LogP contribution in [0.1, 0.15) is 115 Å². The van der Waals surface area contributed by atoms with E-state index < -0.39 is 44.7 Å². The number of esters is 1. The van der Waals surface area contributed by atoms with E-state index in [4.69, 9.17) is 19.4 Å². The number of carbonyl (C=O) groups excluding carboxylic acids is 4. The summed E-state index contributed by atoms with van der Waals surface area (Å²) in [4.78, 5) is 68.3. The quantitative estimate of drug-likeness (QED) is 0.258. The maximum atomic E-state index is 14.9. The fourth-order valence-electron chi connectivity index (χ4n) is 9.96. The molecule has 7 atom stereocenters. The van der Waals surface area contributed by atoms with E-state index >= 15 is 0 Å². The van der Waals surface area contributed by atoms with Crippen LogP contribution in [0.15, 0.2) is 36.9 Å². The Morgan fingerprint density at radius 1 is 0.909 bits per heavy atom. The molecule has 8 rings (SSSR count). The lowest BCUT2D eigenvalue weighted by Crippen LogP contribution is -2.47. The zero-order valence-electron chi connectivity index (χ0n) is 31.7. The Bertz CT molecular complexity index is 1940. The van der Waals surface area contributed by atoms with Gasteiger partial charge >= 0.3 is 5.97 Å². The molecule has 2 aliphatic heterocycles. The molecule has 296 valence electrons. The number of aryl methyl sites for hydroxylation is 1. The van der Waals surface area contributed by atoms with Crippen molar-refractivity contribution in [2.45, 2.75) is 139 Å². The van der Waals surface area contributed by atoms with Crippen molar-refractivity contribution in [2.75, 3.05) is 6.54 Å². The molecule has 1 aromatic heterocycles. The largest absolute Gasteiger partial charge is 0.471 e. The Hall–Kier alpha value is -3.87. The Balaban J connectivity index is 1.12. The van der Waals surface area contributed by atoms with E-state index in [1.807, 2.05) is 24.3 Å². The fraction of sp³-hybridized carbons (Fsp3) is 0.667. The molecule has 3 heterocycles. The number of para-hydroxylation sites is 2. The number of rotatable bonds is 8. The number of amides is 2. The van der Waals surface area contributed by atoms with Crippen LogP contribution in [0.4, 0.5) is 0 Å². The van der Waals surface area contributed by atoms with Gasteiger partial charge < -0.3 is 14.4 Å². The summed E-state index contributed by atoms with van der Waals surface area (Å²) in [7, 11) is -3.84. The summed E-state index contributed by atoms with van der Waals surface area (Å²) in [5, 5.41) is -0.591. The highest BCUT2D eigenvalue weighted by molar-refractivity contribution is 7.90. The number of nitrogens with zero attached hydrogens (tertiary/aromatic N) is 3. The molecule has 1 N–H and O–H groups in total. The second-order valence-electron chi connectivity index (χ2n) is 17.1. The monoisotopic (exact) mass is 774 g/mol. The first-order chi connectivity index (χ1) is 26.5. The van der Waals surface area contributed by atoms with Crippen LogP contribution in [0.25, 0.3) is 11.0 Å². The molecular formula is C42H54N4O8S. The van der Waals surface area contributed by atoms with Gasteiger partial charge in [0.05, 0.1) is 46.6 Å². The van der Waals surface area contributed by atoms with Gasteiger partial charge in [-0.05, 0) is 101 Å². The van der Waals surface area contributed by atoms with E-state index in [-0.39, 0.29) is 61.4 Å². The normalized spacial score (nSPS) is 32.1. The molecule has 4 aliphatic carbocycles. The molecule has 55 heavy (non-hydrogen) atoms. The second-order valence-corrected chi connectivity index (χ2v) is 19.1. The van der Waals surface area contributed by atoms with E-state index in [1.165, 1.54) is 0 Å². The van der Waals surface area contributed by atoms with Gasteiger partial charge in [0.1, 0.15) is 17.9 Å². The number of sulfonamides is 1. The first-order valence-electron chi connectivity index (χ1n) is 20.7. The highest BCUT2D eigenvalue weighted by Gasteiger charge is 2.61. The predicted molar refractivity (Wildman–Crippen MR) is 204 cm³/mol. The van der Waals surface area contributed by atoms with Gasteiger partial charge in [-0.1, -0.05) is 43.9 Å². The molecule has 5 fully saturated rings. The lowest BCUT2D eigenvalue weighted by Gasteiger charge is -2.31. The molecule has 4 saturated carbocycles. The van der Waals surface area contributed by atoms with Crippen LogP contribution >= 0.6 is 0 Å². The number of fused-ring (bicyclic) bond motifs is 5. The minimum atomic E-state index is -3.84. The third-order valence-corrected chi connectivity index (χ3v) is 15.2. The van der Waals surface area contributed by atoms with E-state index in [1.54, 1.807) is 11.0 Å². The van der Waals surface area contributed by atoms with Gasteiger partial charge in [-0.2, -0.15) is 0 Å². The lowest BCUT2D eigenvalue weighted by molar-refractivity contribution is -0.156. The number of nitrogens with one attached hydrogen (secondary N) is 1. The fourth-order valence-corrected chi connectivity index (χ4v) is 11.3. The molecule has 6 aliphatic rings. The number of hydrogen-bond acceptors (Lipinski definition) is 10. The van der Waals surface area contributed by atoms with Gasteiger partial charge in [0.2, 0.25) is 27.7 Å². The first-order valence-corrected chi connectivity index (χ1v) is 22.2. The van der Waals surface area contributed by atoms with Crippen LogP contribution in [0, 0.1) is 29.1 Å². The minimum Gasteiger partial charge on any atom is -0.471 e. The average molecular weight is 775 g/mol. The Labute approximate surface area is 323 Å². The van der Waals surface area contributed by atoms with E-state index in [9.17, 15) is 27.6 Å². The summed E-state index contributed by atoms with van der Waals surface area (Å²) >= 11 is 0. The Kier molecular flexibility index (Phi) is 10.8. The van der Waals surface area contributed by atoms with E-state index in [0.717, 1.165) is 81.8 Å². The van der Waals surface area contributed by atoms with Crippen molar-refractivity contribution in [1.82, 2.24) is 19.6 Å². The van der Waals surface area contributed by atoms with Crippen molar-refractivity contribution in [3.05, 3.63) is 42.6 Å². The van der Waals surface area contributed by atoms with Crippen LogP contribution in [0.2, 0.25) is 0 Å². The molecule has 13 heteroatoms. The standard InChI is InChI=1S/C42H54N4O8S/c1-2-28-23-42(28,41(50)45-55(51,52)30-19-20-30)24-36(47)35-21-29-25-46(35)40(49)31(26-11-6-7-12-26)22-38(48)54-37-18-10-14-27(37)13-4-3-5-17-34-39(53-29)44-33-16-9-8-15-32(33)43-34/h2,8-9,15-16,26-31,35,37H,1,3-7,10-14,17-25H2,(H,45,50)/t27-,28+,29+,31-,35-,37-,42+/m0/s1. The number of benzene rings is 1. The third-order valence-electron chi connectivity index (χ3n) is 13.4. The number of ether oxygens (including phenoxy) is 2. The van der Waals surface area contributed by atoms with Gasteiger partial charge in [0.15, 0.2) is 5.78 Å². The summed E-state index contributed by atoms with van der Waals surface area (Å²) in [6.07, 6.45) is 13.0. The first kappa shape index (κ1) is 38.0. The van der Waals surface area contributed by atoms with Crippen molar-refractivity contribution < 1.29 is 37.1 Å². The second kappa shape index (κ2) is 15.6. The van der Waals surface area contributed by atoms with Crippen LogP contribution in [-0.4, -0.2) is 76.9 Å². The van der Waals surface area contributed by atoms with Crippen LogP contribution in [0.3, 0.4) is 0 Å². The molecule has 2 aromatic rings. The lowest BCUT2D eigenvalue weighted by atomic mass is 9.86. The summed E-state index contributed by atoms with van der Waals surface area (Å²) < 4.78 is 40.7. The van der Waals surface area contributed by atoms with Gasteiger partial charge in [0, 0.05) is 12.8 Å². The molecule has 2 bridgehead atoms. The molecule has 12 nitrogen and oxygen atoms in total. The number of Topliss-reactive ketones (excluding diaryl/α,β-unsaturated/α-hetero) is 1. The molecule has 0 radical (unpaired) electrons. The van der Waals surface area contributed by atoms with E-state index in [0.29, 0.717) is 43.0 Å². The number of allylic oxidation sites excluding steroid dienone is 1. The topological polar surface area (TPSA) is 162 Å². The predicted octanol–water partition coefficient (Wildman–Crippen LogP) is 5.76. The van der Waals surface area contributed by atoms with Crippen molar-refractivity contribution in [3.8, 4) is 5.88 Å². The van der Waals surface area contributed by atoms with Crippen LogP contribution in [-0.2, 0) is 40.4 Å². The average Bonchev–Trinajstić information content (AvgIpc) is 3.95. The van der Waals surface area contributed by atoms with Crippen LogP contribution in [0.5, 0.6) is 5.88 Å². The third kappa shape index (κ3) is 8.05. The van der Waals surface area contributed by atoms with Crippen molar-refractivity contribution >= 4 is 44.6 Å². The molecular weight excluding hydrogens is 721 g/mol. The molecule has 2 amide bonds. The minimum absolute atomic E-state index is 0.0166. The SMILES string of the molecule is C=C[C@@H]1C[C@]1(CC(=O)[C@@H]1C[C@@H]2CN1C(=O)[C@H](C1CCCC1)CC(=O)O[C@H]1CCC[C@@H]1CCCCCc1nc3ccccc3nc1O2)C(=O)NS(=O)(=O)C1CC1. The molecule has 1 aromatic carbocycles. The maximum Gasteiger partial charge on any atom is 0.306 e. The van der Waals surface area contributed by atoms with Gasteiger partial charge in [-0.25, -0.2) is 18.4 Å². The molecule has 0 spiro atoms. The summed E-state index contributed by atoms with van der Waals surface area (Å²) in [6, 6.07) is 6.71. The maximum absolute atomic E-state index is 14.9. The van der Waals surface area contributed by atoms with E-state index in [2.05, 4.69) is 11.3 Å². The van der Waals surface area contributed by atoms with Crippen LogP contribution < -0.4 is 9.46 Å². The van der Waals surface area contributed by atoms with Crippen molar-refractivity contribution in [1.29, 1.82) is 0 Å². The molecule has 0 unspecified atom stereocenters. The zero-order chi connectivity index (χ0) is 38.3. The highest BCUT2D eigenvalue weighted by Crippen LogP contribution is 2.57. The Morgan fingerprint density at radius 3 is 2.35 bits per heavy atom. The number of hydrogen-bond donors (Lipinski definition) is 1.